The first-order chi connectivity index (χ1) is 14.5. The van der Waals surface area contributed by atoms with Crippen LogP contribution in [0.3, 0.4) is 0 Å². The largest absolute Gasteiger partial charge is 0.348 e. The van der Waals surface area contributed by atoms with Gasteiger partial charge in [-0.2, -0.15) is 3.89 Å². The lowest BCUT2D eigenvalue weighted by molar-refractivity contribution is 0.0951. The lowest BCUT2D eigenvalue weighted by Crippen LogP contribution is -2.36. The molecule has 1 amide bonds. The molecule has 0 spiro atoms. The summed E-state index contributed by atoms with van der Waals surface area (Å²) in [6, 6.07) is 9.69. The van der Waals surface area contributed by atoms with Gasteiger partial charge in [0.2, 0.25) is 0 Å². The number of nitrogens with one attached hydrogen (secondary N) is 2. The zero-order chi connectivity index (χ0) is 21.7. The van der Waals surface area contributed by atoms with Gasteiger partial charge in [-0.25, -0.2) is 13.5 Å². The van der Waals surface area contributed by atoms with Crippen LogP contribution >= 0.6 is 12.1 Å². The molecule has 0 aliphatic rings. The Morgan fingerprint density at radius 3 is 2.63 bits per heavy atom. The Balaban J connectivity index is 2.13. The summed E-state index contributed by atoms with van der Waals surface area (Å²) in [5, 5.41) is 2.49. The zero-order valence-corrected chi connectivity index (χ0v) is 17.0. The standard InChI is InChI=1S/C21H20F3N3O2S/c1-2-9-26-27-17(12-30-24)19(15-7-4-8-16(23)18(15)21(27)29)20(28)25-11-13-5-3-6-14(22)10-13/h3-8,10,26H,2,9,11-12H2,1H3,(H,25,28). The van der Waals surface area contributed by atoms with Crippen molar-refractivity contribution in [2.45, 2.75) is 25.6 Å². The minimum absolute atomic E-state index is 0.00532. The summed E-state index contributed by atoms with van der Waals surface area (Å²) in [5.74, 6) is -2.13. The number of nitrogens with zero attached hydrogens (tertiary/aromatic N) is 1. The van der Waals surface area contributed by atoms with E-state index in [1.165, 1.54) is 30.3 Å². The molecule has 30 heavy (non-hydrogen) atoms. The van der Waals surface area contributed by atoms with Gasteiger partial charge in [-0.15, -0.1) is 0 Å². The van der Waals surface area contributed by atoms with Gasteiger partial charge in [-0.3, -0.25) is 9.59 Å². The Bertz CT molecular complexity index is 1130. The van der Waals surface area contributed by atoms with Gasteiger partial charge >= 0.3 is 0 Å². The summed E-state index contributed by atoms with van der Waals surface area (Å²) >= 11 is -0.0513. The molecular weight excluding hydrogens is 415 g/mol. The summed E-state index contributed by atoms with van der Waals surface area (Å²) in [4.78, 5) is 26.0. The smallest absolute Gasteiger partial charge is 0.279 e. The van der Waals surface area contributed by atoms with Crippen molar-refractivity contribution in [1.29, 1.82) is 0 Å². The molecule has 0 aliphatic carbocycles. The molecule has 0 atom stereocenters. The minimum atomic E-state index is -0.775. The van der Waals surface area contributed by atoms with Gasteiger partial charge in [0.25, 0.3) is 11.5 Å². The Morgan fingerprint density at radius 1 is 1.17 bits per heavy atom. The highest BCUT2D eigenvalue weighted by molar-refractivity contribution is 7.93. The molecule has 3 aromatic rings. The molecule has 9 heteroatoms. The highest BCUT2D eigenvalue weighted by Gasteiger charge is 2.24. The second-order valence-corrected chi connectivity index (χ2v) is 7.11. The maximum Gasteiger partial charge on any atom is 0.279 e. The van der Waals surface area contributed by atoms with Crippen molar-refractivity contribution >= 4 is 28.8 Å². The second kappa shape index (κ2) is 9.71. The summed E-state index contributed by atoms with van der Waals surface area (Å²) < 4.78 is 42.2. The highest BCUT2D eigenvalue weighted by atomic mass is 32.2. The van der Waals surface area contributed by atoms with Crippen LogP contribution in [-0.2, 0) is 12.3 Å². The van der Waals surface area contributed by atoms with Crippen LogP contribution in [0.5, 0.6) is 0 Å². The number of fused-ring (bicyclic) bond motifs is 1. The van der Waals surface area contributed by atoms with Crippen molar-refractivity contribution in [2.24, 2.45) is 0 Å². The molecule has 3 rings (SSSR count). The van der Waals surface area contributed by atoms with E-state index in [1.807, 2.05) is 6.92 Å². The van der Waals surface area contributed by atoms with Gasteiger partial charge in [0.15, 0.2) is 0 Å². The van der Waals surface area contributed by atoms with E-state index in [2.05, 4.69) is 10.7 Å². The Labute approximate surface area is 175 Å². The number of pyridine rings is 1. The van der Waals surface area contributed by atoms with E-state index in [9.17, 15) is 22.3 Å². The lowest BCUT2D eigenvalue weighted by Gasteiger charge is -2.19. The summed E-state index contributed by atoms with van der Waals surface area (Å²) in [5.41, 5.74) is 2.76. The normalized spacial score (nSPS) is 10.9. The first-order valence-electron chi connectivity index (χ1n) is 9.34. The molecule has 158 valence electrons. The maximum absolute atomic E-state index is 14.5. The first-order valence-corrected chi connectivity index (χ1v) is 10.2. The van der Waals surface area contributed by atoms with Crippen LogP contribution in [0.2, 0.25) is 0 Å². The summed E-state index contributed by atoms with van der Waals surface area (Å²) in [6.45, 7) is 2.25. The Morgan fingerprint density at radius 2 is 1.93 bits per heavy atom. The number of aromatic nitrogens is 1. The number of amides is 1. The minimum Gasteiger partial charge on any atom is -0.348 e. The summed E-state index contributed by atoms with van der Waals surface area (Å²) in [6.07, 6.45) is 0.658. The molecule has 0 unspecified atom stereocenters. The molecular formula is C21H20F3N3O2S. The Kier molecular flexibility index (Phi) is 7.04. The van der Waals surface area contributed by atoms with E-state index in [1.54, 1.807) is 6.07 Å². The molecule has 0 aliphatic heterocycles. The fourth-order valence-corrected chi connectivity index (χ4v) is 3.58. The number of hydrogen-bond donors (Lipinski definition) is 2. The number of carbonyl (C=O) groups is 1. The van der Waals surface area contributed by atoms with E-state index < -0.39 is 23.1 Å². The predicted octanol–water partition coefficient (Wildman–Crippen LogP) is 4.28. The fraction of sp³-hybridized carbons (Fsp3) is 0.238. The number of rotatable bonds is 8. The summed E-state index contributed by atoms with van der Waals surface area (Å²) in [7, 11) is 0. The van der Waals surface area contributed by atoms with Crippen LogP contribution in [-0.4, -0.2) is 17.1 Å². The van der Waals surface area contributed by atoms with Crippen LogP contribution in [0, 0.1) is 11.6 Å². The third-order valence-corrected chi connectivity index (χ3v) is 4.92. The molecule has 0 radical (unpaired) electrons. The van der Waals surface area contributed by atoms with E-state index >= 15 is 0 Å². The van der Waals surface area contributed by atoms with Crippen LogP contribution < -0.4 is 16.3 Å². The molecule has 0 bridgehead atoms. The van der Waals surface area contributed by atoms with Crippen molar-refractivity contribution in [3.8, 4) is 0 Å². The lowest BCUT2D eigenvalue weighted by atomic mass is 10.0. The quantitative estimate of drug-likeness (QED) is 0.554. The van der Waals surface area contributed by atoms with Crippen molar-refractivity contribution < 1.29 is 17.5 Å². The number of carbonyl (C=O) groups excluding carboxylic acids is 1. The SMILES string of the molecule is CCCNn1c(CSF)c(C(=O)NCc2cccc(F)c2)c2cccc(F)c2c1=O. The van der Waals surface area contributed by atoms with E-state index in [-0.39, 0.29) is 46.5 Å². The van der Waals surface area contributed by atoms with E-state index in [0.29, 0.717) is 18.5 Å². The van der Waals surface area contributed by atoms with E-state index in [4.69, 9.17) is 0 Å². The molecule has 0 saturated carbocycles. The van der Waals surface area contributed by atoms with Gasteiger partial charge in [-0.1, -0.05) is 31.2 Å². The van der Waals surface area contributed by atoms with Gasteiger partial charge < -0.3 is 10.7 Å². The first kappa shape index (κ1) is 21.8. The average Bonchev–Trinajstić information content (AvgIpc) is 2.72. The van der Waals surface area contributed by atoms with Crippen molar-refractivity contribution in [2.75, 3.05) is 12.0 Å². The molecule has 2 aromatic carbocycles. The van der Waals surface area contributed by atoms with Crippen molar-refractivity contribution in [1.82, 2.24) is 9.99 Å². The van der Waals surface area contributed by atoms with Gasteiger partial charge in [0.05, 0.1) is 34.5 Å². The zero-order valence-electron chi connectivity index (χ0n) is 16.2. The van der Waals surface area contributed by atoms with E-state index in [0.717, 1.165) is 10.7 Å². The molecule has 2 N–H and O–H groups in total. The Hall–Kier alpha value is -2.94. The molecule has 1 aromatic heterocycles. The van der Waals surface area contributed by atoms with Crippen LogP contribution in [0.4, 0.5) is 12.7 Å². The molecule has 0 saturated heterocycles. The van der Waals surface area contributed by atoms with Crippen molar-refractivity contribution in [3.05, 3.63) is 81.3 Å². The predicted molar refractivity (Wildman–Crippen MR) is 113 cm³/mol. The number of halogens is 3. The number of hydrogen-bond acceptors (Lipinski definition) is 4. The third-order valence-electron chi connectivity index (χ3n) is 4.54. The van der Waals surface area contributed by atoms with Crippen molar-refractivity contribution in [3.63, 3.8) is 0 Å². The van der Waals surface area contributed by atoms with Gasteiger partial charge in [0, 0.05) is 18.5 Å². The number of benzene rings is 2. The van der Waals surface area contributed by atoms with Gasteiger partial charge in [0.1, 0.15) is 11.6 Å². The molecule has 5 nitrogen and oxygen atoms in total. The van der Waals surface area contributed by atoms with Crippen LogP contribution in [0.1, 0.15) is 35.0 Å². The molecule has 1 heterocycles. The van der Waals surface area contributed by atoms with Crippen LogP contribution in [0.25, 0.3) is 10.8 Å². The maximum atomic E-state index is 14.5. The topological polar surface area (TPSA) is 63.1 Å². The monoisotopic (exact) mass is 435 g/mol. The molecule has 0 fully saturated rings. The average molecular weight is 435 g/mol. The van der Waals surface area contributed by atoms with Crippen LogP contribution in [0.15, 0.2) is 47.3 Å². The second-order valence-electron chi connectivity index (χ2n) is 6.60. The highest BCUT2D eigenvalue weighted by Crippen LogP contribution is 2.25. The fourth-order valence-electron chi connectivity index (χ4n) is 3.20. The van der Waals surface area contributed by atoms with Gasteiger partial charge in [-0.05, 0) is 30.2 Å². The third kappa shape index (κ3) is 4.46.